The number of anilines is 2. The fraction of sp³-hybridized carbons (Fsp3) is 0.560. The number of amides is 2. The van der Waals surface area contributed by atoms with Gasteiger partial charge in [-0.25, -0.2) is 9.97 Å². The molecule has 4 rings (SSSR count). The molecule has 0 aliphatic carbocycles. The number of likely N-dealkylation sites (tertiary alicyclic amines) is 1. The Balaban J connectivity index is 1.39. The van der Waals surface area contributed by atoms with Gasteiger partial charge in [-0.05, 0) is 38.3 Å². The van der Waals surface area contributed by atoms with Crippen molar-refractivity contribution < 1.29 is 14.7 Å². The minimum Gasteiger partial charge on any atom is -0.395 e. The monoisotopic (exact) mass is 546 g/mol. The van der Waals surface area contributed by atoms with Crippen LogP contribution in [0.5, 0.6) is 0 Å². The molecule has 5 N–H and O–H groups in total. The molecule has 12 nitrogen and oxygen atoms in total. The van der Waals surface area contributed by atoms with E-state index in [1.165, 1.54) is 0 Å². The van der Waals surface area contributed by atoms with Crippen molar-refractivity contribution in [1.82, 2.24) is 30.1 Å². The van der Waals surface area contributed by atoms with Crippen LogP contribution in [0.15, 0.2) is 16.9 Å². The van der Waals surface area contributed by atoms with Crippen LogP contribution >= 0.6 is 11.6 Å². The third kappa shape index (κ3) is 5.92. The number of aryl methyl sites for hydroxylation is 1. The summed E-state index contributed by atoms with van der Waals surface area (Å²) in [6, 6.07) is 3.91. The summed E-state index contributed by atoms with van der Waals surface area (Å²) in [6.07, 6.45) is 2.57. The van der Waals surface area contributed by atoms with Crippen molar-refractivity contribution in [2.75, 3.05) is 56.5 Å². The number of nitrogen functional groups attached to an aromatic ring is 1. The van der Waals surface area contributed by atoms with Crippen molar-refractivity contribution in [1.29, 1.82) is 0 Å². The molecule has 0 aromatic carbocycles. The highest BCUT2D eigenvalue weighted by molar-refractivity contribution is 6.32. The summed E-state index contributed by atoms with van der Waals surface area (Å²) in [5.41, 5.74) is 6.53. The number of carbonyl (C=O) groups excluding carboxylic acids is 2. The SMILES string of the molecule is CC[C@H]1CN(c2nc(N)c(C(=O)NCCO)nc2Cl)CCN1C1CCN(C(=O)c2ccc(C)[nH]c2=O)CC1. The van der Waals surface area contributed by atoms with E-state index in [1.54, 1.807) is 24.0 Å². The molecular weight excluding hydrogens is 512 g/mol. The molecule has 4 heterocycles. The number of aliphatic hydroxyl groups excluding tert-OH is 1. The summed E-state index contributed by atoms with van der Waals surface area (Å²) in [5, 5.41) is 11.5. The number of aliphatic hydroxyl groups is 1. The molecule has 0 radical (unpaired) electrons. The Morgan fingerprint density at radius 3 is 2.61 bits per heavy atom. The van der Waals surface area contributed by atoms with E-state index < -0.39 is 5.91 Å². The van der Waals surface area contributed by atoms with E-state index in [2.05, 4.69) is 32.1 Å². The second-order valence-corrected chi connectivity index (χ2v) is 10.1. The van der Waals surface area contributed by atoms with Crippen LogP contribution in [0.4, 0.5) is 11.6 Å². The second-order valence-electron chi connectivity index (χ2n) is 9.70. The van der Waals surface area contributed by atoms with Crippen LogP contribution < -0.4 is 21.5 Å². The largest absolute Gasteiger partial charge is 0.395 e. The highest BCUT2D eigenvalue weighted by Crippen LogP contribution is 2.30. The Morgan fingerprint density at radius 2 is 1.95 bits per heavy atom. The number of rotatable bonds is 7. The minimum atomic E-state index is -0.537. The van der Waals surface area contributed by atoms with Crippen LogP contribution in [0.2, 0.25) is 5.15 Å². The van der Waals surface area contributed by atoms with Gasteiger partial charge < -0.3 is 30.9 Å². The number of H-pyrrole nitrogens is 1. The van der Waals surface area contributed by atoms with Crippen molar-refractivity contribution in [3.8, 4) is 0 Å². The number of aromatic nitrogens is 3. The van der Waals surface area contributed by atoms with Crippen LogP contribution in [0.3, 0.4) is 0 Å². The van der Waals surface area contributed by atoms with E-state index in [-0.39, 0.29) is 52.9 Å². The zero-order chi connectivity index (χ0) is 27.4. The lowest BCUT2D eigenvalue weighted by Gasteiger charge is -2.47. The Kier molecular flexibility index (Phi) is 8.85. The number of halogens is 1. The van der Waals surface area contributed by atoms with Gasteiger partial charge in [0.05, 0.1) is 6.61 Å². The molecule has 13 heteroatoms. The van der Waals surface area contributed by atoms with Crippen molar-refractivity contribution in [2.24, 2.45) is 0 Å². The number of pyridine rings is 1. The topological polar surface area (TPSA) is 161 Å². The number of hydrogen-bond acceptors (Lipinski definition) is 9. The number of piperidine rings is 1. The van der Waals surface area contributed by atoms with Gasteiger partial charge in [0.1, 0.15) is 5.56 Å². The normalized spacial score (nSPS) is 19.0. The average molecular weight is 547 g/mol. The first-order chi connectivity index (χ1) is 18.2. The average Bonchev–Trinajstić information content (AvgIpc) is 2.92. The van der Waals surface area contributed by atoms with Crippen molar-refractivity contribution in [3.05, 3.63) is 44.6 Å². The molecule has 0 spiro atoms. The Labute approximate surface area is 226 Å². The quantitative estimate of drug-likeness (QED) is 0.390. The van der Waals surface area contributed by atoms with Crippen LogP contribution in [0.25, 0.3) is 0 Å². The predicted octanol–water partition coefficient (Wildman–Crippen LogP) is 0.636. The van der Waals surface area contributed by atoms with Gasteiger partial charge in [0.25, 0.3) is 17.4 Å². The van der Waals surface area contributed by atoms with Crippen LogP contribution in [0, 0.1) is 6.92 Å². The lowest BCUT2D eigenvalue weighted by Crippen LogP contribution is -2.59. The summed E-state index contributed by atoms with van der Waals surface area (Å²) in [7, 11) is 0. The van der Waals surface area contributed by atoms with Crippen molar-refractivity contribution in [2.45, 2.75) is 45.2 Å². The first-order valence-electron chi connectivity index (χ1n) is 12.9. The summed E-state index contributed by atoms with van der Waals surface area (Å²) in [6.45, 7) is 7.13. The highest BCUT2D eigenvalue weighted by atomic mass is 35.5. The molecule has 0 bridgehead atoms. The second kappa shape index (κ2) is 12.1. The van der Waals surface area contributed by atoms with Crippen molar-refractivity contribution in [3.63, 3.8) is 0 Å². The molecule has 38 heavy (non-hydrogen) atoms. The highest BCUT2D eigenvalue weighted by Gasteiger charge is 2.35. The van der Waals surface area contributed by atoms with Crippen LogP contribution in [0.1, 0.15) is 52.7 Å². The number of aromatic amines is 1. The van der Waals surface area contributed by atoms with E-state index in [1.807, 2.05) is 4.90 Å². The van der Waals surface area contributed by atoms with Gasteiger partial charge in [-0.3, -0.25) is 19.3 Å². The van der Waals surface area contributed by atoms with Gasteiger partial charge >= 0.3 is 0 Å². The fourth-order valence-corrected chi connectivity index (χ4v) is 5.50. The molecule has 2 saturated heterocycles. The van der Waals surface area contributed by atoms with E-state index in [0.717, 1.165) is 31.5 Å². The molecule has 2 aliphatic heterocycles. The number of nitrogens with one attached hydrogen (secondary N) is 2. The molecule has 2 aromatic heterocycles. The number of piperazine rings is 1. The maximum Gasteiger partial charge on any atom is 0.273 e. The fourth-order valence-electron chi connectivity index (χ4n) is 5.26. The molecule has 206 valence electrons. The Bertz CT molecular complexity index is 1230. The standard InChI is InChI=1S/C25H35ClN8O4/c1-3-16-14-33(22-20(26)30-19(21(27)31-22)24(37)28-8-13-35)11-12-34(16)17-6-9-32(10-7-17)25(38)18-5-4-15(2)29-23(18)36/h4-5,16-17,35H,3,6-14H2,1-2H3,(H2,27,31)(H,28,37)(H,29,36)/t16-/m0/s1. The molecule has 2 aromatic rings. The third-order valence-electron chi connectivity index (χ3n) is 7.28. The number of hydrogen-bond donors (Lipinski definition) is 4. The molecule has 2 aliphatic rings. The van der Waals surface area contributed by atoms with Gasteiger partial charge in [-0.2, -0.15) is 0 Å². The number of nitrogens with two attached hydrogens (primary N) is 1. The molecular formula is C25H35ClN8O4. The lowest BCUT2D eigenvalue weighted by atomic mass is 9.97. The zero-order valence-electron chi connectivity index (χ0n) is 21.7. The Morgan fingerprint density at radius 1 is 1.21 bits per heavy atom. The molecule has 2 amide bonds. The number of carbonyl (C=O) groups is 2. The lowest BCUT2D eigenvalue weighted by molar-refractivity contribution is 0.0489. The molecule has 0 saturated carbocycles. The summed E-state index contributed by atoms with van der Waals surface area (Å²) < 4.78 is 0. The van der Waals surface area contributed by atoms with E-state index >= 15 is 0 Å². The summed E-state index contributed by atoms with van der Waals surface area (Å²) >= 11 is 6.43. The number of nitrogens with zero attached hydrogens (tertiary/aromatic N) is 5. The van der Waals surface area contributed by atoms with Crippen LogP contribution in [-0.2, 0) is 0 Å². The van der Waals surface area contributed by atoms with Crippen LogP contribution in [-0.4, -0.2) is 99.6 Å². The van der Waals surface area contributed by atoms with Crippen molar-refractivity contribution >= 4 is 35.1 Å². The zero-order valence-corrected chi connectivity index (χ0v) is 22.5. The van der Waals surface area contributed by atoms with E-state index in [9.17, 15) is 14.4 Å². The first kappa shape index (κ1) is 27.8. The van der Waals surface area contributed by atoms with E-state index in [0.29, 0.717) is 38.0 Å². The third-order valence-corrected chi connectivity index (χ3v) is 7.53. The Hall–Kier alpha value is -3.22. The van der Waals surface area contributed by atoms with Gasteiger partial charge in [0.15, 0.2) is 22.5 Å². The molecule has 2 fully saturated rings. The van der Waals surface area contributed by atoms with Gasteiger partial charge in [0, 0.05) is 57.0 Å². The van der Waals surface area contributed by atoms with Gasteiger partial charge in [0.2, 0.25) is 0 Å². The summed E-state index contributed by atoms with van der Waals surface area (Å²) in [4.78, 5) is 55.0. The maximum absolute atomic E-state index is 12.9. The first-order valence-corrected chi connectivity index (χ1v) is 13.3. The minimum absolute atomic E-state index is 0.0141. The molecule has 1 atom stereocenters. The smallest absolute Gasteiger partial charge is 0.273 e. The molecule has 0 unspecified atom stereocenters. The van der Waals surface area contributed by atoms with E-state index in [4.69, 9.17) is 22.4 Å². The van der Waals surface area contributed by atoms with Gasteiger partial charge in [-0.15, -0.1) is 0 Å². The summed E-state index contributed by atoms with van der Waals surface area (Å²) in [5.74, 6) is -0.323. The van der Waals surface area contributed by atoms with Gasteiger partial charge in [-0.1, -0.05) is 18.5 Å². The predicted molar refractivity (Wildman–Crippen MR) is 145 cm³/mol. The maximum atomic E-state index is 12.9.